The second-order valence-electron chi connectivity index (χ2n) is 0.488. The highest BCUT2D eigenvalue weighted by Crippen LogP contribution is 1.94. The highest BCUT2D eigenvalue weighted by Gasteiger charge is 1.67. The van der Waals surface area contributed by atoms with E-state index in [2.05, 4.69) is 21.1 Å². The molecule has 0 saturated heterocycles. The van der Waals surface area contributed by atoms with Crippen molar-refractivity contribution in [1.82, 2.24) is 0 Å². The van der Waals surface area contributed by atoms with Crippen LogP contribution in [0.3, 0.4) is 0 Å². The third-order valence-corrected chi connectivity index (χ3v) is 0.578. The van der Waals surface area contributed by atoms with Crippen molar-refractivity contribution in [3.63, 3.8) is 0 Å². The number of rotatable bonds is 0. The fourth-order valence-electron chi connectivity index (χ4n) is 0.102. The lowest BCUT2D eigenvalue weighted by atomic mass is 11.2. The molecule has 0 aromatic rings. The van der Waals surface area contributed by atoms with Gasteiger partial charge in [0, 0.05) is 5.45 Å². The molecule has 0 fully saturated rings. The molecule has 0 aromatic heterocycles. The Balaban J connectivity index is 3.17. The summed E-state index contributed by atoms with van der Waals surface area (Å²) in [4.78, 5) is 0. The number of hydrogen-bond acceptors (Lipinski definition) is 2. The van der Waals surface area contributed by atoms with E-state index in [0.717, 1.165) is 0 Å². The minimum atomic E-state index is 0.664. The van der Waals surface area contributed by atoms with Crippen LogP contribution in [0.15, 0.2) is 5.16 Å². The quantitative estimate of drug-likeness (QED) is 0.390. The minimum absolute atomic E-state index is 0.664. The second-order valence-corrected chi connectivity index (χ2v) is 1.06. The van der Waals surface area contributed by atoms with Gasteiger partial charge in [-0.2, -0.15) is 0 Å². The van der Waals surface area contributed by atoms with Gasteiger partial charge in [0.25, 0.3) is 0 Å². The van der Waals surface area contributed by atoms with Gasteiger partial charge in [0.1, 0.15) is 0 Å². The van der Waals surface area contributed by atoms with Crippen molar-refractivity contribution < 1.29 is 4.62 Å². The van der Waals surface area contributed by atoms with E-state index in [-0.39, 0.29) is 0 Å². The van der Waals surface area contributed by atoms with Crippen LogP contribution in [-0.2, 0) is 4.62 Å². The molecular weight excluding hydrogens is 85.0 g/mol. The lowest BCUT2D eigenvalue weighted by Gasteiger charge is -1.64. The van der Waals surface area contributed by atoms with E-state index < -0.39 is 0 Å². The molecule has 0 amide bonds. The first-order valence-corrected chi connectivity index (χ1v) is 1.87. The van der Waals surface area contributed by atoms with Gasteiger partial charge in [-0.05, 0) is 5.16 Å². The molecule has 0 unspecified atom stereocenters. The lowest BCUT2D eigenvalue weighted by molar-refractivity contribution is 0.408. The summed E-state index contributed by atoms with van der Waals surface area (Å²) in [5.41, 5.74) is 2.56. The molecule has 3 heteroatoms. The monoisotopic (exact) mass is 85.0 g/mol. The maximum absolute atomic E-state index is 4.32. The van der Waals surface area contributed by atoms with Crippen LogP contribution in [0.1, 0.15) is 0 Å². The molecule has 24 valence electrons. The van der Waals surface area contributed by atoms with Crippen molar-refractivity contribution in [2.45, 2.75) is 0 Å². The molecule has 2 nitrogen and oxygen atoms in total. The molecule has 0 bridgehead atoms. The third kappa shape index (κ3) is 0.371. The van der Waals surface area contributed by atoms with Gasteiger partial charge in [-0.15, -0.1) is 0 Å². The van der Waals surface area contributed by atoms with Gasteiger partial charge >= 0.3 is 0 Å². The van der Waals surface area contributed by atoms with Crippen LogP contribution in [0.25, 0.3) is 0 Å². The average Bonchev–Trinajstić information content (AvgIpc) is 1.76. The average molecular weight is 85.0 g/mol. The van der Waals surface area contributed by atoms with Crippen LogP contribution in [-0.4, -0.2) is 11.3 Å². The van der Waals surface area contributed by atoms with Gasteiger partial charge in [-0.1, -0.05) is 0 Å². The van der Waals surface area contributed by atoms with Crippen LogP contribution in [0.4, 0.5) is 0 Å². The molecule has 0 saturated carbocycles. The molecule has 1 aliphatic rings. The second kappa shape index (κ2) is 1.05. The first kappa shape index (κ1) is 2.68. The molecular formula is C2NOP. The molecule has 1 rings (SSSR count). The third-order valence-electron chi connectivity index (χ3n) is 0.223. The van der Waals surface area contributed by atoms with Gasteiger partial charge in [-0.25, -0.2) is 0 Å². The standard InChI is InChI=1S/C2NOP/c1-2-5-4-3-1. The van der Waals surface area contributed by atoms with Gasteiger partial charge in [0.15, 0.2) is 0 Å². The van der Waals surface area contributed by atoms with E-state index in [1.54, 1.807) is 0 Å². The van der Waals surface area contributed by atoms with E-state index in [4.69, 9.17) is 0 Å². The summed E-state index contributed by atoms with van der Waals surface area (Å²) < 4.78 is 4.32. The molecule has 1 heterocycles. The SMILES string of the molecule is C1=C=PON=1. The van der Waals surface area contributed by atoms with Gasteiger partial charge in [-0.3, -0.25) is 0 Å². The Hall–Kier alpha value is -0.540. The Morgan fingerprint density at radius 2 is 2.80 bits per heavy atom. The van der Waals surface area contributed by atoms with Crippen molar-refractivity contribution in [3.05, 3.63) is 0 Å². The molecule has 0 atom stereocenters. The highest BCUT2D eigenvalue weighted by atomic mass is 31.1. The number of hydrogen-bond donors (Lipinski definition) is 0. The summed E-state index contributed by atoms with van der Waals surface area (Å²) in [7, 11) is 0.664. The van der Waals surface area contributed by atoms with Crippen LogP contribution in [0, 0.1) is 0 Å². The van der Waals surface area contributed by atoms with Crippen molar-refractivity contribution in [3.8, 4) is 0 Å². The zero-order chi connectivity index (χ0) is 3.54. The van der Waals surface area contributed by atoms with Crippen molar-refractivity contribution in [2.24, 2.45) is 5.16 Å². The summed E-state index contributed by atoms with van der Waals surface area (Å²) in [6, 6.07) is 0. The Morgan fingerprint density at radius 1 is 1.80 bits per heavy atom. The van der Waals surface area contributed by atoms with Gasteiger partial charge < -0.3 is 4.62 Å². The molecule has 0 aromatic carbocycles. The van der Waals surface area contributed by atoms with Gasteiger partial charge in [0.05, 0.1) is 5.87 Å². The van der Waals surface area contributed by atoms with Crippen LogP contribution in [0.5, 0.6) is 0 Å². The largest absolute Gasteiger partial charge is 0.321 e. The van der Waals surface area contributed by atoms with E-state index in [1.807, 2.05) is 0 Å². The summed E-state index contributed by atoms with van der Waals surface area (Å²) in [6.45, 7) is 0. The summed E-state index contributed by atoms with van der Waals surface area (Å²) in [5.74, 6) is 2.36. The van der Waals surface area contributed by atoms with E-state index in [1.165, 1.54) is 0 Å². The minimum Gasteiger partial charge on any atom is -0.321 e. The van der Waals surface area contributed by atoms with E-state index in [0.29, 0.717) is 8.43 Å². The first-order valence-electron chi connectivity index (χ1n) is 1.06. The van der Waals surface area contributed by atoms with Crippen LogP contribution >= 0.6 is 8.43 Å². The zero-order valence-electron chi connectivity index (χ0n) is 2.30. The predicted molar refractivity (Wildman–Crippen MR) is 20.4 cm³/mol. The first-order chi connectivity index (χ1) is 2.50. The smallest absolute Gasteiger partial charge is 0.225 e. The molecule has 0 aliphatic carbocycles. The fraction of sp³-hybridized carbons (Fsp3) is 0. The van der Waals surface area contributed by atoms with Gasteiger partial charge in [0.2, 0.25) is 8.43 Å². The van der Waals surface area contributed by atoms with Crippen LogP contribution in [0.2, 0.25) is 0 Å². The van der Waals surface area contributed by atoms with Crippen molar-refractivity contribution in [2.75, 3.05) is 0 Å². The molecule has 1 aliphatic heterocycles. The molecule has 0 radical (unpaired) electrons. The molecule has 5 heavy (non-hydrogen) atoms. The predicted octanol–water partition coefficient (Wildman–Crippen LogP) is 0.420. The highest BCUT2D eigenvalue weighted by molar-refractivity contribution is 7.33. The Kier molecular flexibility index (Phi) is 0.565. The molecule has 0 spiro atoms. The van der Waals surface area contributed by atoms with E-state index in [9.17, 15) is 0 Å². The number of nitrogens with zero attached hydrogens (tertiary/aromatic N) is 1. The fourth-order valence-corrected chi connectivity index (χ4v) is 0.306. The van der Waals surface area contributed by atoms with Crippen molar-refractivity contribution >= 4 is 19.8 Å². The lowest BCUT2D eigenvalue weighted by Crippen LogP contribution is -1.40. The Morgan fingerprint density at radius 3 is 3.00 bits per heavy atom. The summed E-state index contributed by atoms with van der Waals surface area (Å²) >= 11 is 0. The Bertz CT molecular complexity index is 104. The van der Waals surface area contributed by atoms with Crippen LogP contribution < -0.4 is 0 Å². The maximum atomic E-state index is 4.32. The van der Waals surface area contributed by atoms with Crippen molar-refractivity contribution in [1.29, 1.82) is 0 Å². The zero-order valence-corrected chi connectivity index (χ0v) is 3.20. The topological polar surface area (TPSA) is 21.6 Å². The molecule has 0 N–H and O–H groups in total. The van der Waals surface area contributed by atoms with E-state index >= 15 is 0 Å². The summed E-state index contributed by atoms with van der Waals surface area (Å²) in [5, 5.41) is 3.21. The summed E-state index contributed by atoms with van der Waals surface area (Å²) in [6.07, 6.45) is 0. The maximum Gasteiger partial charge on any atom is 0.225 e. The Labute approximate surface area is 30.6 Å². The normalized spacial score (nSPS) is 16.0.